The molecule has 0 aliphatic carbocycles. The maximum Gasteiger partial charge on any atom is 0.215 e. The van der Waals surface area contributed by atoms with E-state index in [9.17, 15) is 14.5 Å². The molecule has 0 aromatic heterocycles. The lowest BCUT2D eigenvalue weighted by Crippen LogP contribution is -2.14. The van der Waals surface area contributed by atoms with Crippen LogP contribution in [0.15, 0.2) is 22.7 Å². The second-order valence-electron chi connectivity index (χ2n) is 2.80. The van der Waals surface area contributed by atoms with E-state index in [0.29, 0.717) is 4.47 Å². The standard InChI is InChI=1S/C9H9BrO3S/c1-14(13)5-9(12)7-4-6(10)2-3-8(7)11/h2-4,11H,5H2,1H3. The molecule has 0 saturated heterocycles. The number of hydrogen-bond acceptors (Lipinski definition) is 3. The Balaban J connectivity index is 2.94. The van der Waals surface area contributed by atoms with Crippen molar-refractivity contribution in [2.45, 2.75) is 0 Å². The molecule has 0 radical (unpaired) electrons. The summed E-state index contributed by atoms with van der Waals surface area (Å²) in [6.45, 7) is 0. The molecule has 0 aliphatic heterocycles. The van der Waals surface area contributed by atoms with Gasteiger partial charge in [0.2, 0.25) is 5.78 Å². The average Bonchev–Trinajstić information content (AvgIpc) is 2.08. The maximum atomic E-state index is 11.5. The van der Waals surface area contributed by atoms with Gasteiger partial charge in [0.1, 0.15) is 5.75 Å². The Bertz CT molecular complexity index is 352. The van der Waals surface area contributed by atoms with E-state index in [1.165, 1.54) is 18.4 Å². The molecule has 0 saturated carbocycles. The quantitative estimate of drug-likeness (QED) is 0.676. The van der Waals surface area contributed by atoms with Crippen molar-refractivity contribution < 1.29 is 14.5 Å². The summed E-state index contributed by atoms with van der Waals surface area (Å²) in [5, 5.41) is 9.38. The SMILES string of the molecule is C[S+]([O-])CC(=O)c1cc(Br)ccc1O. The Kier molecular flexibility index (Phi) is 3.97. The first-order chi connectivity index (χ1) is 6.50. The van der Waals surface area contributed by atoms with Crippen molar-refractivity contribution in [3.05, 3.63) is 28.2 Å². The van der Waals surface area contributed by atoms with Crippen LogP contribution in [0.3, 0.4) is 0 Å². The zero-order valence-electron chi connectivity index (χ0n) is 7.49. The minimum Gasteiger partial charge on any atom is -0.616 e. The number of benzene rings is 1. The summed E-state index contributed by atoms with van der Waals surface area (Å²) in [4.78, 5) is 11.5. The van der Waals surface area contributed by atoms with Crippen molar-refractivity contribution >= 4 is 32.9 Å². The number of Topliss-reactive ketones (excluding diaryl/α,β-unsaturated/α-hetero) is 1. The molecule has 5 heteroatoms. The molecule has 1 rings (SSSR count). The molecule has 1 aromatic carbocycles. The molecule has 14 heavy (non-hydrogen) atoms. The Morgan fingerprint density at radius 2 is 2.29 bits per heavy atom. The molecule has 1 atom stereocenters. The molecule has 0 aliphatic rings. The van der Waals surface area contributed by atoms with Gasteiger partial charge in [0, 0.05) is 4.47 Å². The van der Waals surface area contributed by atoms with Crippen LogP contribution in [0, 0.1) is 0 Å². The first-order valence-electron chi connectivity index (χ1n) is 3.82. The van der Waals surface area contributed by atoms with Gasteiger partial charge in [-0.15, -0.1) is 0 Å². The van der Waals surface area contributed by atoms with Gasteiger partial charge in [-0.25, -0.2) is 0 Å². The van der Waals surface area contributed by atoms with Crippen LogP contribution in [0.25, 0.3) is 0 Å². The van der Waals surface area contributed by atoms with Gasteiger partial charge in [0.05, 0.1) is 11.8 Å². The molecule has 0 heterocycles. The first kappa shape index (κ1) is 11.6. The van der Waals surface area contributed by atoms with Crippen molar-refractivity contribution in [2.24, 2.45) is 0 Å². The van der Waals surface area contributed by atoms with Crippen LogP contribution >= 0.6 is 15.9 Å². The van der Waals surface area contributed by atoms with Gasteiger partial charge in [0.15, 0.2) is 5.75 Å². The minimum atomic E-state index is -1.19. The van der Waals surface area contributed by atoms with Gasteiger partial charge in [-0.3, -0.25) is 4.79 Å². The molecule has 1 N–H and O–H groups in total. The summed E-state index contributed by atoms with van der Waals surface area (Å²) in [6.07, 6.45) is 1.45. The van der Waals surface area contributed by atoms with Gasteiger partial charge in [-0.05, 0) is 29.4 Å². The van der Waals surface area contributed by atoms with Gasteiger partial charge in [-0.1, -0.05) is 15.9 Å². The van der Waals surface area contributed by atoms with Gasteiger partial charge in [0.25, 0.3) is 0 Å². The predicted molar refractivity (Wildman–Crippen MR) is 59.1 cm³/mol. The average molecular weight is 277 g/mol. The molecule has 0 amide bonds. The van der Waals surface area contributed by atoms with Crippen LogP contribution < -0.4 is 0 Å². The van der Waals surface area contributed by atoms with Crippen molar-refractivity contribution in [2.75, 3.05) is 12.0 Å². The summed E-state index contributed by atoms with van der Waals surface area (Å²) in [6, 6.07) is 4.58. The Morgan fingerprint density at radius 1 is 1.64 bits per heavy atom. The molecule has 0 spiro atoms. The number of aromatic hydroxyl groups is 1. The van der Waals surface area contributed by atoms with Crippen molar-refractivity contribution in [1.29, 1.82) is 0 Å². The summed E-state index contributed by atoms with van der Waals surface area (Å²) >= 11 is 2.00. The highest BCUT2D eigenvalue weighted by molar-refractivity contribution is 9.10. The minimum absolute atomic E-state index is 0.0655. The molecule has 76 valence electrons. The van der Waals surface area contributed by atoms with E-state index in [2.05, 4.69) is 15.9 Å². The zero-order valence-corrected chi connectivity index (χ0v) is 9.89. The summed E-state index contributed by atoms with van der Waals surface area (Å²) in [5.41, 5.74) is 0.203. The lowest BCUT2D eigenvalue weighted by atomic mass is 10.1. The predicted octanol–water partition coefficient (Wildman–Crippen LogP) is 1.72. The number of hydrogen-bond donors (Lipinski definition) is 1. The van der Waals surface area contributed by atoms with E-state index >= 15 is 0 Å². The Hall–Kier alpha value is -0.520. The number of rotatable bonds is 3. The highest BCUT2D eigenvalue weighted by Gasteiger charge is 2.15. The van der Waals surface area contributed by atoms with Crippen molar-refractivity contribution in [3.8, 4) is 5.75 Å². The number of phenolic OH excluding ortho intramolecular Hbond substituents is 1. The molecule has 0 fully saturated rings. The monoisotopic (exact) mass is 276 g/mol. The fourth-order valence-electron chi connectivity index (χ4n) is 0.994. The third kappa shape index (κ3) is 3.01. The van der Waals surface area contributed by atoms with Crippen LogP contribution in [0.4, 0.5) is 0 Å². The molecule has 1 aromatic rings. The lowest BCUT2D eigenvalue weighted by Gasteiger charge is -2.05. The largest absolute Gasteiger partial charge is 0.616 e. The van der Waals surface area contributed by atoms with Gasteiger partial charge < -0.3 is 9.66 Å². The topological polar surface area (TPSA) is 60.4 Å². The highest BCUT2D eigenvalue weighted by Crippen LogP contribution is 2.22. The van der Waals surface area contributed by atoms with Crippen LogP contribution in [0.2, 0.25) is 0 Å². The number of carbonyl (C=O) groups excluding carboxylic acids is 1. The van der Waals surface area contributed by atoms with Crippen molar-refractivity contribution in [1.82, 2.24) is 0 Å². The molecular formula is C9H9BrO3S. The molecule has 1 unspecified atom stereocenters. The van der Waals surface area contributed by atoms with E-state index < -0.39 is 11.2 Å². The number of carbonyl (C=O) groups is 1. The number of ketones is 1. The summed E-state index contributed by atoms with van der Waals surface area (Å²) in [5.74, 6) is -0.461. The summed E-state index contributed by atoms with van der Waals surface area (Å²) in [7, 11) is 0. The van der Waals surface area contributed by atoms with Gasteiger partial charge >= 0.3 is 0 Å². The second-order valence-corrected chi connectivity index (χ2v) is 5.15. The lowest BCUT2D eigenvalue weighted by molar-refractivity contribution is 0.101. The van der Waals surface area contributed by atoms with E-state index in [4.69, 9.17) is 0 Å². The fourth-order valence-corrected chi connectivity index (χ4v) is 1.88. The van der Waals surface area contributed by atoms with E-state index in [-0.39, 0.29) is 22.8 Å². The van der Waals surface area contributed by atoms with Crippen LogP contribution in [0.5, 0.6) is 5.75 Å². The zero-order chi connectivity index (χ0) is 10.7. The van der Waals surface area contributed by atoms with Crippen LogP contribution in [0.1, 0.15) is 10.4 Å². The second kappa shape index (κ2) is 4.82. The third-order valence-electron chi connectivity index (χ3n) is 1.59. The highest BCUT2D eigenvalue weighted by atomic mass is 79.9. The number of halogens is 1. The summed E-state index contributed by atoms with van der Waals surface area (Å²) < 4.78 is 11.5. The Labute approximate surface area is 93.4 Å². The van der Waals surface area contributed by atoms with Gasteiger partial charge in [-0.2, -0.15) is 0 Å². The molecular weight excluding hydrogens is 268 g/mol. The molecule has 3 nitrogen and oxygen atoms in total. The number of phenols is 1. The maximum absolute atomic E-state index is 11.5. The van der Waals surface area contributed by atoms with E-state index in [0.717, 1.165) is 0 Å². The van der Waals surface area contributed by atoms with Crippen LogP contribution in [-0.2, 0) is 11.2 Å². The van der Waals surface area contributed by atoms with E-state index in [1.807, 2.05) is 0 Å². The normalized spacial score (nSPS) is 12.5. The Morgan fingerprint density at radius 3 is 2.86 bits per heavy atom. The molecule has 0 bridgehead atoms. The van der Waals surface area contributed by atoms with Crippen LogP contribution in [-0.4, -0.2) is 27.5 Å². The third-order valence-corrected chi connectivity index (χ3v) is 2.76. The first-order valence-corrected chi connectivity index (χ1v) is 6.34. The fraction of sp³-hybridized carbons (Fsp3) is 0.222. The van der Waals surface area contributed by atoms with E-state index in [1.54, 1.807) is 6.07 Å². The van der Waals surface area contributed by atoms with Crippen molar-refractivity contribution in [3.63, 3.8) is 0 Å². The smallest absolute Gasteiger partial charge is 0.215 e.